The first-order chi connectivity index (χ1) is 12.8. The lowest BCUT2D eigenvalue weighted by atomic mass is 10.0. The first kappa shape index (κ1) is 22.9. The Bertz CT molecular complexity index is 765. The van der Waals surface area contributed by atoms with Gasteiger partial charge < -0.3 is 4.74 Å². The Kier molecular flexibility index (Phi) is 7.00. The Labute approximate surface area is 158 Å². The maximum absolute atomic E-state index is 13.2. The van der Waals surface area contributed by atoms with E-state index in [1.165, 1.54) is 17.0 Å². The second kappa shape index (κ2) is 8.56. The zero-order valence-corrected chi connectivity index (χ0v) is 15.6. The van der Waals surface area contributed by atoms with Crippen molar-refractivity contribution in [3.63, 3.8) is 0 Å². The van der Waals surface area contributed by atoms with E-state index in [0.717, 1.165) is 12.1 Å². The monoisotopic (exact) mass is 435 g/mol. The van der Waals surface area contributed by atoms with Crippen molar-refractivity contribution in [2.75, 3.05) is 39.1 Å². The molecule has 1 aliphatic heterocycles. The summed E-state index contributed by atoms with van der Waals surface area (Å²) in [6.07, 6.45) is -9.43. The summed E-state index contributed by atoms with van der Waals surface area (Å²) in [4.78, 5) is 1.37. The number of rotatable bonds is 6. The van der Waals surface area contributed by atoms with Crippen LogP contribution in [-0.2, 0) is 25.2 Å². The van der Waals surface area contributed by atoms with Crippen LogP contribution in [0.5, 0.6) is 0 Å². The van der Waals surface area contributed by atoms with Crippen LogP contribution in [0.2, 0.25) is 0 Å². The number of benzene rings is 1. The molecule has 0 bridgehead atoms. The Balaban J connectivity index is 2.09. The van der Waals surface area contributed by atoms with Crippen LogP contribution in [0.4, 0.5) is 26.3 Å². The Hall–Kier alpha value is -1.37. The lowest BCUT2D eigenvalue weighted by molar-refractivity contribution is -0.189. The van der Waals surface area contributed by atoms with Crippen molar-refractivity contribution in [3.8, 4) is 0 Å². The smallest absolute Gasteiger partial charge is 0.371 e. The Morgan fingerprint density at radius 1 is 1.25 bits per heavy atom. The zero-order chi connectivity index (χ0) is 21.2. The molecule has 0 unspecified atom stereocenters. The van der Waals surface area contributed by atoms with Crippen LogP contribution in [0.25, 0.3) is 0 Å². The highest BCUT2D eigenvalue weighted by Crippen LogP contribution is 2.33. The number of hydrogen-bond acceptors (Lipinski definition) is 5. The molecule has 2 rings (SSSR count). The van der Waals surface area contributed by atoms with Gasteiger partial charge in [-0.2, -0.15) is 34.8 Å². The van der Waals surface area contributed by atoms with Gasteiger partial charge in [0.25, 0.3) is 10.1 Å². The van der Waals surface area contributed by atoms with E-state index in [2.05, 4.69) is 4.18 Å². The van der Waals surface area contributed by atoms with E-state index in [4.69, 9.17) is 4.74 Å². The minimum Gasteiger partial charge on any atom is -0.371 e. The van der Waals surface area contributed by atoms with Gasteiger partial charge in [-0.1, -0.05) is 12.1 Å². The molecule has 0 spiro atoms. The number of nitrogens with zero attached hydrogens (tertiary/aromatic N) is 1. The van der Waals surface area contributed by atoms with Gasteiger partial charge in [0.15, 0.2) is 0 Å². The lowest BCUT2D eigenvalue weighted by Gasteiger charge is -2.35. The molecule has 1 aromatic carbocycles. The first-order valence-corrected chi connectivity index (χ1v) is 9.99. The van der Waals surface area contributed by atoms with Gasteiger partial charge in [-0.25, -0.2) is 0 Å². The molecule has 1 heterocycles. The molecule has 1 aliphatic rings. The molecule has 28 heavy (non-hydrogen) atoms. The van der Waals surface area contributed by atoms with Crippen molar-refractivity contribution in [2.45, 2.75) is 18.5 Å². The predicted molar refractivity (Wildman–Crippen MR) is 86.9 cm³/mol. The molecule has 0 amide bonds. The molecule has 0 radical (unpaired) electrons. The summed E-state index contributed by atoms with van der Waals surface area (Å²) in [6.45, 7) is -1.53. The van der Waals surface area contributed by atoms with Gasteiger partial charge in [-0.15, -0.1) is 0 Å². The zero-order valence-electron chi connectivity index (χ0n) is 14.8. The van der Waals surface area contributed by atoms with Gasteiger partial charge in [-0.05, 0) is 17.7 Å². The molecule has 0 aliphatic carbocycles. The Morgan fingerprint density at radius 3 is 2.50 bits per heavy atom. The highest BCUT2D eigenvalue weighted by Gasteiger charge is 2.42. The average Bonchev–Trinajstić information content (AvgIpc) is 2.56. The van der Waals surface area contributed by atoms with Crippen molar-refractivity contribution < 1.29 is 43.7 Å². The lowest BCUT2D eigenvalue weighted by Crippen LogP contribution is -2.45. The van der Waals surface area contributed by atoms with Crippen LogP contribution in [0.3, 0.4) is 0 Å². The maximum atomic E-state index is 13.2. The molecule has 0 aromatic heterocycles. The van der Waals surface area contributed by atoms with Crippen molar-refractivity contribution in [2.24, 2.45) is 5.92 Å². The third kappa shape index (κ3) is 6.90. The molecule has 1 aromatic rings. The standard InChI is InChI=1S/C16H19F6NO4S/c1-28(24,25)27-10-13(16(20,21)22)8-23-5-6-26-14(9-23)11-3-2-4-12(7-11)15(17,18)19/h2-4,7,13-14H,5-6,8-10H2,1H3/t13-,14+/m0/s1. The number of ether oxygens (including phenoxy) is 1. The summed E-state index contributed by atoms with van der Waals surface area (Å²) in [5.41, 5.74) is -0.670. The van der Waals surface area contributed by atoms with E-state index in [0.29, 0.717) is 6.26 Å². The normalized spacial score (nSPS) is 20.9. The summed E-state index contributed by atoms with van der Waals surface area (Å²) in [5, 5.41) is 0. The van der Waals surface area contributed by atoms with Crippen molar-refractivity contribution in [1.82, 2.24) is 4.90 Å². The van der Waals surface area contributed by atoms with Gasteiger partial charge in [0, 0.05) is 19.6 Å². The fourth-order valence-electron chi connectivity index (χ4n) is 2.75. The fourth-order valence-corrected chi connectivity index (χ4v) is 3.16. The van der Waals surface area contributed by atoms with Crippen LogP contribution in [0.1, 0.15) is 17.2 Å². The first-order valence-electron chi connectivity index (χ1n) is 8.18. The molecule has 5 nitrogen and oxygen atoms in total. The minimum atomic E-state index is -4.70. The van der Waals surface area contributed by atoms with Crippen LogP contribution in [0.15, 0.2) is 24.3 Å². The number of morpholine rings is 1. The van der Waals surface area contributed by atoms with Gasteiger partial charge in [0.1, 0.15) is 0 Å². The van der Waals surface area contributed by atoms with Gasteiger partial charge >= 0.3 is 12.4 Å². The molecule has 1 saturated heterocycles. The van der Waals surface area contributed by atoms with Gasteiger partial charge in [-0.3, -0.25) is 9.08 Å². The summed E-state index contributed by atoms with van der Waals surface area (Å²) < 4.78 is 110. The van der Waals surface area contributed by atoms with Crippen LogP contribution >= 0.6 is 0 Å². The molecule has 2 atom stereocenters. The van der Waals surface area contributed by atoms with Crippen molar-refractivity contribution in [1.29, 1.82) is 0 Å². The van der Waals surface area contributed by atoms with Crippen molar-refractivity contribution >= 4 is 10.1 Å². The third-order valence-corrected chi connectivity index (χ3v) is 4.73. The van der Waals surface area contributed by atoms with E-state index >= 15 is 0 Å². The second-order valence-electron chi connectivity index (χ2n) is 6.47. The predicted octanol–water partition coefficient (Wildman–Crippen LogP) is 3.23. The quantitative estimate of drug-likeness (QED) is 0.507. The molecular formula is C16H19F6NO4S. The van der Waals surface area contributed by atoms with E-state index < -0.39 is 53.2 Å². The van der Waals surface area contributed by atoms with E-state index in [1.807, 2.05) is 0 Å². The molecule has 0 N–H and O–H groups in total. The Morgan fingerprint density at radius 2 is 1.93 bits per heavy atom. The van der Waals surface area contributed by atoms with Gasteiger partial charge in [0.05, 0.1) is 37.1 Å². The molecule has 160 valence electrons. The average molecular weight is 435 g/mol. The van der Waals surface area contributed by atoms with Crippen molar-refractivity contribution in [3.05, 3.63) is 35.4 Å². The third-order valence-electron chi connectivity index (χ3n) is 4.16. The number of hydrogen-bond donors (Lipinski definition) is 0. The second-order valence-corrected chi connectivity index (χ2v) is 8.11. The molecular weight excluding hydrogens is 416 g/mol. The van der Waals surface area contributed by atoms with Crippen LogP contribution < -0.4 is 0 Å². The SMILES string of the molecule is CS(=O)(=O)OC[C@H](CN1CCO[C@@H](c2cccc(C(F)(F)F)c2)C1)C(F)(F)F. The van der Waals surface area contributed by atoms with Crippen LogP contribution in [0, 0.1) is 5.92 Å². The number of halogens is 6. The topological polar surface area (TPSA) is 55.8 Å². The largest absolute Gasteiger partial charge is 0.416 e. The number of alkyl halides is 6. The summed E-state index contributed by atoms with van der Waals surface area (Å²) in [7, 11) is -4.04. The molecule has 0 saturated carbocycles. The van der Waals surface area contributed by atoms with E-state index in [9.17, 15) is 34.8 Å². The minimum absolute atomic E-state index is 0.0262. The van der Waals surface area contributed by atoms with Crippen LogP contribution in [-0.4, -0.2) is 58.6 Å². The summed E-state index contributed by atoms with van der Waals surface area (Å²) >= 11 is 0. The van der Waals surface area contributed by atoms with Gasteiger partial charge in [0.2, 0.25) is 0 Å². The highest BCUT2D eigenvalue weighted by atomic mass is 32.2. The highest BCUT2D eigenvalue weighted by molar-refractivity contribution is 7.85. The van der Waals surface area contributed by atoms with E-state index in [-0.39, 0.29) is 25.3 Å². The summed E-state index contributed by atoms with van der Waals surface area (Å²) in [6, 6.07) is 4.42. The van der Waals surface area contributed by atoms with E-state index in [1.54, 1.807) is 0 Å². The maximum Gasteiger partial charge on any atom is 0.416 e. The molecule has 1 fully saturated rings. The fraction of sp³-hybridized carbons (Fsp3) is 0.625. The summed E-state index contributed by atoms with van der Waals surface area (Å²) in [5.74, 6) is -2.07. The molecule has 12 heteroatoms.